The van der Waals surface area contributed by atoms with Crippen molar-refractivity contribution >= 4 is 34.8 Å². The highest BCUT2D eigenvalue weighted by molar-refractivity contribution is 6.67. The first kappa shape index (κ1) is 17.0. The van der Waals surface area contributed by atoms with Crippen molar-refractivity contribution < 1.29 is 14.6 Å². The van der Waals surface area contributed by atoms with Crippen molar-refractivity contribution in [1.82, 2.24) is 0 Å². The van der Waals surface area contributed by atoms with Gasteiger partial charge in [0.2, 0.25) is 10.1 Å². The zero-order valence-electron chi connectivity index (χ0n) is 12.0. The van der Waals surface area contributed by atoms with Gasteiger partial charge in [-0.05, 0) is 11.1 Å². The average molecular weight is 374 g/mol. The van der Waals surface area contributed by atoms with Crippen LogP contribution in [0.3, 0.4) is 0 Å². The molecule has 2 atom stereocenters. The number of aliphatic hydroxyl groups is 1. The maximum Gasteiger partial charge on any atom is 0.240 e. The highest BCUT2D eigenvalue weighted by Crippen LogP contribution is 2.42. The van der Waals surface area contributed by atoms with Crippen molar-refractivity contribution in [2.45, 2.75) is 21.8 Å². The molecule has 0 bridgehead atoms. The maximum absolute atomic E-state index is 11.5. The molecule has 1 fully saturated rings. The molecule has 0 saturated carbocycles. The summed E-state index contributed by atoms with van der Waals surface area (Å²) in [6, 6.07) is 18.5. The third-order valence-electron chi connectivity index (χ3n) is 3.85. The summed E-state index contributed by atoms with van der Waals surface area (Å²) in [5.74, 6) is 0. The zero-order chi connectivity index (χ0) is 16.5. The molecule has 1 aliphatic rings. The fourth-order valence-corrected chi connectivity index (χ4v) is 3.06. The lowest BCUT2D eigenvalue weighted by Gasteiger charge is -2.34. The number of alkyl halides is 3. The highest BCUT2D eigenvalue weighted by Gasteiger charge is 2.50. The second-order valence-corrected chi connectivity index (χ2v) is 7.70. The minimum Gasteiger partial charge on any atom is -0.378 e. The van der Waals surface area contributed by atoms with E-state index < -0.39 is 21.8 Å². The molecule has 3 rings (SSSR count). The standard InChI is InChI=1S/C17H15Cl3O3/c18-17(19,20)15-22-11-14(23-15)16(21,12-7-3-1-4-8-12)13-9-5-2-6-10-13/h1-10,14-15,21H,11H2/t14-,15?/m1/s1. The van der Waals surface area contributed by atoms with E-state index in [0.717, 1.165) is 0 Å². The largest absolute Gasteiger partial charge is 0.378 e. The number of hydrogen-bond donors (Lipinski definition) is 1. The van der Waals surface area contributed by atoms with Crippen LogP contribution < -0.4 is 0 Å². The van der Waals surface area contributed by atoms with Crippen LogP contribution in [-0.4, -0.2) is 27.9 Å². The van der Waals surface area contributed by atoms with Gasteiger partial charge in [0.25, 0.3) is 0 Å². The van der Waals surface area contributed by atoms with Crippen LogP contribution in [0.1, 0.15) is 11.1 Å². The molecular formula is C17H15Cl3O3. The van der Waals surface area contributed by atoms with Crippen molar-refractivity contribution in [2.75, 3.05) is 6.61 Å². The Hall–Kier alpha value is -0.810. The summed E-state index contributed by atoms with van der Waals surface area (Å²) >= 11 is 17.5. The Kier molecular flexibility index (Phi) is 4.88. The van der Waals surface area contributed by atoms with Crippen LogP contribution in [0.25, 0.3) is 0 Å². The summed E-state index contributed by atoms with van der Waals surface area (Å²) in [5, 5.41) is 11.5. The average Bonchev–Trinajstić information content (AvgIpc) is 3.06. The Bertz CT molecular complexity index is 604. The summed E-state index contributed by atoms with van der Waals surface area (Å²) in [6.07, 6.45) is -1.73. The molecule has 0 radical (unpaired) electrons. The Balaban J connectivity index is 2.01. The van der Waals surface area contributed by atoms with Gasteiger partial charge in [0.1, 0.15) is 11.7 Å². The molecule has 1 N–H and O–H groups in total. The number of halogens is 3. The molecule has 0 amide bonds. The molecule has 6 heteroatoms. The van der Waals surface area contributed by atoms with E-state index >= 15 is 0 Å². The van der Waals surface area contributed by atoms with Crippen molar-refractivity contribution in [3.63, 3.8) is 0 Å². The first-order chi connectivity index (χ1) is 10.9. The van der Waals surface area contributed by atoms with Crippen molar-refractivity contribution in [1.29, 1.82) is 0 Å². The van der Waals surface area contributed by atoms with Crippen LogP contribution >= 0.6 is 34.8 Å². The van der Waals surface area contributed by atoms with E-state index in [4.69, 9.17) is 44.3 Å². The molecule has 2 aromatic carbocycles. The molecule has 2 aromatic rings. The van der Waals surface area contributed by atoms with Gasteiger partial charge >= 0.3 is 0 Å². The summed E-state index contributed by atoms with van der Waals surface area (Å²) in [5.41, 5.74) is -0.0396. The van der Waals surface area contributed by atoms with Crippen LogP contribution in [-0.2, 0) is 15.1 Å². The highest BCUT2D eigenvalue weighted by atomic mass is 35.6. The monoisotopic (exact) mass is 372 g/mol. The lowest BCUT2D eigenvalue weighted by Crippen LogP contribution is -2.43. The minimum atomic E-state index is -1.72. The fraction of sp³-hybridized carbons (Fsp3) is 0.294. The van der Waals surface area contributed by atoms with Crippen molar-refractivity contribution in [3.8, 4) is 0 Å². The Morgan fingerprint density at radius 2 is 1.35 bits per heavy atom. The van der Waals surface area contributed by atoms with Gasteiger partial charge in [-0.2, -0.15) is 0 Å². The van der Waals surface area contributed by atoms with E-state index in [1.807, 2.05) is 60.7 Å². The Labute approximate surface area is 149 Å². The molecule has 1 unspecified atom stereocenters. The van der Waals surface area contributed by atoms with E-state index in [2.05, 4.69) is 0 Å². The molecule has 23 heavy (non-hydrogen) atoms. The predicted molar refractivity (Wildman–Crippen MR) is 90.8 cm³/mol. The third-order valence-corrected chi connectivity index (χ3v) is 4.38. The normalized spacial score (nSPS) is 22.3. The van der Waals surface area contributed by atoms with Gasteiger partial charge in [0.15, 0.2) is 0 Å². The lowest BCUT2D eigenvalue weighted by molar-refractivity contribution is -0.104. The van der Waals surface area contributed by atoms with Gasteiger partial charge in [-0.3, -0.25) is 0 Å². The van der Waals surface area contributed by atoms with Crippen LogP contribution in [0.4, 0.5) is 0 Å². The molecular weight excluding hydrogens is 359 g/mol. The molecule has 0 spiro atoms. The van der Waals surface area contributed by atoms with Crippen LogP contribution in [0.5, 0.6) is 0 Å². The lowest BCUT2D eigenvalue weighted by atomic mass is 9.82. The van der Waals surface area contributed by atoms with E-state index in [-0.39, 0.29) is 6.61 Å². The molecule has 0 aliphatic carbocycles. The van der Waals surface area contributed by atoms with Gasteiger partial charge < -0.3 is 14.6 Å². The summed E-state index contributed by atoms with van der Waals surface area (Å²) in [7, 11) is 0. The topological polar surface area (TPSA) is 38.7 Å². The van der Waals surface area contributed by atoms with E-state index in [1.165, 1.54) is 0 Å². The molecule has 1 aliphatic heterocycles. The van der Waals surface area contributed by atoms with Gasteiger partial charge in [0.05, 0.1) is 6.61 Å². The number of ether oxygens (including phenoxy) is 2. The molecule has 0 aromatic heterocycles. The number of benzene rings is 2. The molecule has 1 heterocycles. The first-order valence-electron chi connectivity index (χ1n) is 7.09. The second-order valence-electron chi connectivity index (χ2n) is 5.33. The smallest absolute Gasteiger partial charge is 0.240 e. The van der Waals surface area contributed by atoms with Crippen LogP contribution in [0.2, 0.25) is 0 Å². The third kappa shape index (κ3) is 3.36. The van der Waals surface area contributed by atoms with E-state index in [9.17, 15) is 5.11 Å². The van der Waals surface area contributed by atoms with E-state index in [1.54, 1.807) is 0 Å². The molecule has 122 valence electrons. The molecule has 3 nitrogen and oxygen atoms in total. The summed E-state index contributed by atoms with van der Waals surface area (Å²) in [6.45, 7) is 0.110. The summed E-state index contributed by atoms with van der Waals surface area (Å²) < 4.78 is 9.45. The van der Waals surface area contributed by atoms with Crippen molar-refractivity contribution in [3.05, 3.63) is 71.8 Å². The van der Waals surface area contributed by atoms with Crippen LogP contribution in [0, 0.1) is 0 Å². The fourth-order valence-electron chi connectivity index (χ4n) is 2.72. The zero-order valence-corrected chi connectivity index (χ0v) is 14.3. The van der Waals surface area contributed by atoms with Gasteiger partial charge in [-0.25, -0.2) is 0 Å². The summed E-state index contributed by atoms with van der Waals surface area (Å²) in [4.78, 5) is 0. The SMILES string of the molecule is OC(c1ccccc1)(c1ccccc1)[C@H]1COC(C(Cl)(Cl)Cl)O1. The predicted octanol–water partition coefficient (Wildman–Crippen LogP) is 4.03. The first-order valence-corrected chi connectivity index (χ1v) is 8.23. The van der Waals surface area contributed by atoms with Gasteiger partial charge in [-0.15, -0.1) is 0 Å². The Morgan fingerprint density at radius 3 is 1.74 bits per heavy atom. The number of hydrogen-bond acceptors (Lipinski definition) is 3. The van der Waals surface area contributed by atoms with Crippen molar-refractivity contribution in [2.24, 2.45) is 0 Å². The van der Waals surface area contributed by atoms with Gasteiger partial charge in [-0.1, -0.05) is 95.5 Å². The molecule has 1 saturated heterocycles. The van der Waals surface area contributed by atoms with Gasteiger partial charge in [0, 0.05) is 0 Å². The number of rotatable bonds is 3. The quantitative estimate of drug-likeness (QED) is 0.826. The van der Waals surface area contributed by atoms with Crippen LogP contribution in [0.15, 0.2) is 60.7 Å². The van der Waals surface area contributed by atoms with E-state index in [0.29, 0.717) is 11.1 Å². The minimum absolute atomic E-state index is 0.110. The maximum atomic E-state index is 11.5. The second kappa shape index (κ2) is 6.60. The Morgan fingerprint density at radius 1 is 0.870 bits per heavy atom.